The maximum atomic E-state index is 12.2. The van der Waals surface area contributed by atoms with Gasteiger partial charge in [0.05, 0.1) is 20.9 Å². The Morgan fingerprint density at radius 2 is 2.00 bits per heavy atom. The number of nitrogens with two attached hydrogens (primary N) is 1. The van der Waals surface area contributed by atoms with Gasteiger partial charge in [-0.05, 0) is 42.4 Å². The van der Waals surface area contributed by atoms with Gasteiger partial charge >= 0.3 is 0 Å². The van der Waals surface area contributed by atoms with Gasteiger partial charge in [-0.25, -0.2) is 4.98 Å². The maximum Gasteiger partial charge on any atom is 0.230 e. The number of hydrogen-bond donors (Lipinski definition) is 3. The topological polar surface area (TPSA) is 88.2 Å². The van der Waals surface area contributed by atoms with E-state index in [1.54, 1.807) is 18.2 Å². The van der Waals surface area contributed by atoms with Gasteiger partial charge in [0.1, 0.15) is 0 Å². The van der Waals surface area contributed by atoms with Gasteiger partial charge in [-0.1, -0.05) is 48.9 Å². The molecule has 1 heterocycles. The van der Waals surface area contributed by atoms with E-state index in [1.165, 1.54) is 36.4 Å². The molecule has 0 radical (unpaired) electrons. The minimum Gasteiger partial charge on any atom is -0.388 e. The van der Waals surface area contributed by atoms with E-state index < -0.39 is 24.7 Å². The summed E-state index contributed by atoms with van der Waals surface area (Å²) in [4.78, 5) is 16.2. The number of rotatable bonds is 9. The van der Waals surface area contributed by atoms with Crippen molar-refractivity contribution in [1.82, 2.24) is 4.98 Å². The first-order valence-electron chi connectivity index (χ1n) is 11.7. The molecular weight excluding hydrogens is 370 g/mol. The number of hydrogen-bond acceptors (Lipinski definition) is 5. The number of nitrogens with one attached hydrogen (secondary N) is 1. The number of nitrogens with zero attached hydrogens (tertiary/aromatic N) is 1. The van der Waals surface area contributed by atoms with Crippen molar-refractivity contribution in [1.29, 1.82) is 0 Å². The second kappa shape index (κ2) is 10.0. The summed E-state index contributed by atoms with van der Waals surface area (Å²) in [5.74, 6) is -0.390. The highest BCUT2D eigenvalue weighted by Crippen LogP contribution is 2.20. The molecule has 0 unspecified atom stereocenters. The number of aryl methyl sites for hydroxylation is 1. The summed E-state index contributed by atoms with van der Waals surface area (Å²) in [5, 5.41) is 13.5. The average molecular weight is 402 g/mol. The van der Waals surface area contributed by atoms with E-state index in [9.17, 15) is 9.90 Å². The SMILES string of the molecule is [2H]c1sc(N)nc1CC(=O)Nc1ccc(C([2H])([2H])CCC([2H])([2H])[C@]([2H])(O)c2ccccc2)cc1. The van der Waals surface area contributed by atoms with Crippen LogP contribution in [0.1, 0.15) is 50.3 Å². The van der Waals surface area contributed by atoms with Crippen molar-refractivity contribution < 1.29 is 18.1 Å². The summed E-state index contributed by atoms with van der Waals surface area (Å²) >= 11 is 0.986. The molecule has 0 spiro atoms. The van der Waals surface area contributed by atoms with Crippen LogP contribution in [0.3, 0.4) is 0 Å². The Hall–Kier alpha value is -2.70. The molecule has 0 aliphatic heterocycles. The van der Waals surface area contributed by atoms with E-state index in [2.05, 4.69) is 10.3 Å². The first-order chi connectivity index (χ1) is 15.8. The highest BCUT2D eigenvalue weighted by Gasteiger charge is 2.08. The van der Waals surface area contributed by atoms with E-state index in [-0.39, 0.29) is 46.6 Å². The highest BCUT2D eigenvalue weighted by molar-refractivity contribution is 7.13. The van der Waals surface area contributed by atoms with Gasteiger partial charge < -0.3 is 16.2 Å². The number of amides is 1. The maximum absolute atomic E-state index is 12.2. The number of thiazole rings is 1. The fourth-order valence-electron chi connectivity index (χ4n) is 2.48. The fraction of sp³-hybridized carbons (Fsp3) is 0.273. The smallest absolute Gasteiger partial charge is 0.230 e. The summed E-state index contributed by atoms with van der Waals surface area (Å²) in [6, 6.07) is 13.9. The number of benzene rings is 2. The molecule has 0 aliphatic rings. The normalized spacial score (nSPS) is 17.2. The Balaban J connectivity index is 1.63. The number of aromatic nitrogens is 1. The lowest BCUT2D eigenvalue weighted by atomic mass is 10.0. The predicted molar refractivity (Wildman–Crippen MR) is 114 cm³/mol. The minimum atomic E-state index is -2.53. The molecular formula is C22H25N3O2S. The standard InChI is InChI=1S/C22H25N3O2S/c23-22-25-19(15-28-22)14-21(27)24-18-12-10-16(11-13-18)6-4-5-9-20(26)17-7-2-1-3-8-17/h1-3,7-8,10-13,15,20,26H,4-6,9,14H2,(H2,23,25)(H,24,27)/t20-/m0/s1/i6D2,9D2,15D,20D. The van der Waals surface area contributed by atoms with Crippen molar-refractivity contribution in [3.8, 4) is 0 Å². The summed E-state index contributed by atoms with van der Waals surface area (Å²) in [5.41, 5.74) is 6.63. The third-order valence-electron chi connectivity index (χ3n) is 3.81. The molecule has 2 aromatic carbocycles. The summed E-state index contributed by atoms with van der Waals surface area (Å²) in [6.45, 7) is 0. The van der Waals surface area contributed by atoms with Crippen molar-refractivity contribution in [2.24, 2.45) is 0 Å². The van der Waals surface area contributed by atoms with Crippen LogP contribution in [0.25, 0.3) is 0 Å². The van der Waals surface area contributed by atoms with E-state index in [1.807, 2.05) is 0 Å². The van der Waals surface area contributed by atoms with Gasteiger partial charge in [-0.2, -0.15) is 0 Å². The van der Waals surface area contributed by atoms with Crippen molar-refractivity contribution >= 4 is 28.1 Å². The fourth-order valence-corrected chi connectivity index (χ4v) is 2.98. The zero-order valence-corrected chi connectivity index (χ0v) is 15.9. The van der Waals surface area contributed by atoms with Gasteiger partial charge in [-0.3, -0.25) is 4.79 Å². The minimum absolute atomic E-state index is 0.0959. The molecule has 4 N–H and O–H groups in total. The summed E-state index contributed by atoms with van der Waals surface area (Å²) < 4.78 is 49.1. The molecule has 0 saturated heterocycles. The molecule has 3 rings (SSSR count). The van der Waals surface area contributed by atoms with E-state index in [4.69, 9.17) is 14.0 Å². The van der Waals surface area contributed by atoms with Gasteiger partial charge in [-0.15, -0.1) is 11.3 Å². The van der Waals surface area contributed by atoms with Gasteiger partial charge in [0.25, 0.3) is 0 Å². The van der Waals surface area contributed by atoms with Crippen molar-refractivity contribution in [3.05, 3.63) is 76.8 Å². The van der Waals surface area contributed by atoms with Crippen LogP contribution >= 0.6 is 11.3 Å². The molecule has 0 bridgehead atoms. The Morgan fingerprint density at radius 3 is 2.68 bits per heavy atom. The Kier molecular flexibility index (Phi) is 4.82. The molecule has 3 aromatic rings. The average Bonchev–Trinajstić information content (AvgIpc) is 3.09. The van der Waals surface area contributed by atoms with Crippen LogP contribution in [-0.4, -0.2) is 16.0 Å². The molecule has 6 heteroatoms. The number of anilines is 2. The first kappa shape index (κ1) is 13.5. The summed E-state index contributed by atoms with van der Waals surface area (Å²) in [7, 11) is 0. The number of carbonyl (C=O) groups excluding carboxylic acids is 1. The van der Waals surface area contributed by atoms with E-state index in [0.29, 0.717) is 5.69 Å². The number of aliphatic hydroxyl groups is 1. The zero-order chi connectivity index (χ0) is 25.1. The lowest BCUT2D eigenvalue weighted by molar-refractivity contribution is -0.115. The van der Waals surface area contributed by atoms with Gasteiger partial charge in [0.2, 0.25) is 5.91 Å². The second-order valence-corrected chi connectivity index (χ2v) is 6.80. The second-order valence-electron chi connectivity index (χ2n) is 5.97. The van der Waals surface area contributed by atoms with Crippen LogP contribution in [0.5, 0.6) is 0 Å². The van der Waals surface area contributed by atoms with Crippen molar-refractivity contribution in [2.75, 3.05) is 11.1 Å². The molecule has 0 saturated carbocycles. The van der Waals surface area contributed by atoms with E-state index in [0.717, 1.165) is 11.3 Å². The van der Waals surface area contributed by atoms with Crippen LogP contribution in [-0.2, 0) is 17.6 Å². The molecule has 1 aromatic heterocycles. The zero-order valence-electron chi connectivity index (χ0n) is 21.1. The first-order valence-corrected chi connectivity index (χ1v) is 9.53. The molecule has 1 amide bonds. The third-order valence-corrected chi connectivity index (χ3v) is 4.45. The van der Waals surface area contributed by atoms with Crippen LogP contribution in [0, 0.1) is 0 Å². The van der Waals surface area contributed by atoms with Crippen molar-refractivity contribution in [2.45, 2.75) is 38.1 Å². The summed E-state index contributed by atoms with van der Waals surface area (Å²) in [6.07, 6.45) is -7.62. The quantitative estimate of drug-likeness (QED) is 0.497. The lowest BCUT2D eigenvalue weighted by Crippen LogP contribution is -2.14. The Morgan fingerprint density at radius 1 is 1.25 bits per heavy atom. The van der Waals surface area contributed by atoms with Crippen molar-refractivity contribution in [3.63, 3.8) is 0 Å². The van der Waals surface area contributed by atoms with Crippen LogP contribution in [0.15, 0.2) is 60.0 Å². The molecule has 1 atom stereocenters. The molecule has 146 valence electrons. The Bertz CT molecular complexity index is 1140. The molecule has 5 nitrogen and oxygen atoms in total. The van der Waals surface area contributed by atoms with Gasteiger partial charge in [0.15, 0.2) is 5.13 Å². The monoisotopic (exact) mass is 401 g/mol. The lowest BCUT2D eigenvalue weighted by Gasteiger charge is -2.10. The number of carbonyl (C=O) groups is 1. The van der Waals surface area contributed by atoms with Crippen LogP contribution < -0.4 is 11.1 Å². The third kappa shape index (κ3) is 6.18. The number of nitrogen functional groups attached to an aromatic ring is 1. The van der Waals surface area contributed by atoms with Gasteiger partial charge in [0, 0.05) is 16.5 Å². The largest absolute Gasteiger partial charge is 0.388 e. The molecule has 28 heavy (non-hydrogen) atoms. The Labute approximate surface area is 177 Å². The van der Waals surface area contributed by atoms with Crippen LogP contribution in [0.2, 0.25) is 0 Å². The highest BCUT2D eigenvalue weighted by atomic mass is 32.1. The molecule has 0 fully saturated rings. The predicted octanol–water partition coefficient (Wildman–Crippen LogP) is 4.35. The van der Waals surface area contributed by atoms with Crippen LogP contribution in [0.4, 0.5) is 10.8 Å². The molecule has 0 aliphatic carbocycles. The van der Waals surface area contributed by atoms with E-state index >= 15 is 0 Å².